The van der Waals surface area contributed by atoms with Crippen LogP contribution in [-0.4, -0.2) is 42.8 Å². The van der Waals surface area contributed by atoms with Crippen LogP contribution in [0.2, 0.25) is 0 Å². The number of piperazine rings is 1. The van der Waals surface area contributed by atoms with E-state index >= 15 is 0 Å². The lowest BCUT2D eigenvalue weighted by molar-refractivity contribution is 0.110. The van der Waals surface area contributed by atoms with Crippen molar-refractivity contribution in [1.82, 2.24) is 10.2 Å². The van der Waals surface area contributed by atoms with Crippen LogP contribution in [0.5, 0.6) is 0 Å². The summed E-state index contributed by atoms with van der Waals surface area (Å²) in [4.78, 5) is 2.22. The SMILES string of the molecule is OC[C@H](c1ccc(F)c(Br)c1)N1CCNCC1. The van der Waals surface area contributed by atoms with Crippen LogP contribution in [0.15, 0.2) is 22.7 Å². The number of nitrogens with one attached hydrogen (secondary N) is 1. The lowest BCUT2D eigenvalue weighted by Crippen LogP contribution is -2.46. The zero-order chi connectivity index (χ0) is 12.3. The third-order valence-corrected chi connectivity index (χ3v) is 3.70. The van der Waals surface area contributed by atoms with E-state index in [9.17, 15) is 9.50 Å². The molecule has 0 saturated carbocycles. The molecule has 1 aromatic rings. The first-order valence-corrected chi connectivity index (χ1v) is 6.52. The van der Waals surface area contributed by atoms with Gasteiger partial charge in [0.25, 0.3) is 0 Å². The van der Waals surface area contributed by atoms with Gasteiger partial charge in [-0.1, -0.05) is 6.07 Å². The molecule has 3 nitrogen and oxygen atoms in total. The number of rotatable bonds is 3. The smallest absolute Gasteiger partial charge is 0.137 e. The molecule has 0 aliphatic carbocycles. The first-order valence-electron chi connectivity index (χ1n) is 5.73. The van der Waals surface area contributed by atoms with Crippen molar-refractivity contribution >= 4 is 15.9 Å². The van der Waals surface area contributed by atoms with E-state index < -0.39 is 0 Å². The van der Waals surface area contributed by atoms with Crippen LogP contribution < -0.4 is 5.32 Å². The van der Waals surface area contributed by atoms with Gasteiger partial charge in [0.15, 0.2) is 0 Å². The minimum absolute atomic E-state index is 0.0472. The van der Waals surface area contributed by atoms with E-state index in [1.54, 1.807) is 12.1 Å². The minimum atomic E-state index is -0.272. The molecule has 1 atom stereocenters. The number of aliphatic hydroxyl groups is 1. The second kappa shape index (κ2) is 5.91. The third kappa shape index (κ3) is 3.04. The van der Waals surface area contributed by atoms with Crippen LogP contribution in [0.25, 0.3) is 0 Å². The normalized spacial score (nSPS) is 19.2. The molecule has 0 aromatic heterocycles. The second-order valence-corrected chi connectivity index (χ2v) is 5.01. The Bertz CT molecular complexity index is 383. The van der Waals surface area contributed by atoms with Crippen LogP contribution in [0.4, 0.5) is 4.39 Å². The molecule has 1 saturated heterocycles. The van der Waals surface area contributed by atoms with E-state index in [2.05, 4.69) is 26.1 Å². The predicted octanol–water partition coefficient (Wildman–Crippen LogP) is 1.53. The average molecular weight is 303 g/mol. The van der Waals surface area contributed by atoms with Crippen molar-refractivity contribution in [1.29, 1.82) is 0 Å². The Morgan fingerprint density at radius 2 is 2.12 bits per heavy atom. The van der Waals surface area contributed by atoms with Crippen LogP contribution in [0.3, 0.4) is 0 Å². The van der Waals surface area contributed by atoms with Gasteiger partial charge < -0.3 is 10.4 Å². The largest absolute Gasteiger partial charge is 0.394 e. The zero-order valence-corrected chi connectivity index (χ0v) is 11.1. The Morgan fingerprint density at radius 3 is 2.71 bits per heavy atom. The van der Waals surface area contributed by atoms with Gasteiger partial charge in [0.1, 0.15) is 5.82 Å². The van der Waals surface area contributed by atoms with Crippen molar-refractivity contribution in [3.63, 3.8) is 0 Å². The standard InChI is InChI=1S/C12H16BrFN2O/c13-10-7-9(1-2-11(10)14)12(8-17)16-5-3-15-4-6-16/h1-2,7,12,15,17H,3-6,8H2/t12-/m1/s1. The van der Waals surface area contributed by atoms with Crippen LogP contribution in [0, 0.1) is 5.82 Å². The van der Waals surface area contributed by atoms with Gasteiger partial charge in [0, 0.05) is 26.2 Å². The van der Waals surface area contributed by atoms with Crippen molar-refractivity contribution in [2.75, 3.05) is 32.8 Å². The lowest BCUT2D eigenvalue weighted by atomic mass is 10.1. The first kappa shape index (κ1) is 13.0. The molecule has 1 aromatic carbocycles. The molecule has 2 rings (SSSR count). The average Bonchev–Trinajstić information content (AvgIpc) is 2.36. The van der Waals surface area contributed by atoms with Gasteiger partial charge in [-0.25, -0.2) is 4.39 Å². The Kier molecular flexibility index (Phi) is 4.50. The highest BCUT2D eigenvalue weighted by Gasteiger charge is 2.21. The third-order valence-electron chi connectivity index (χ3n) is 3.09. The molecule has 1 aliphatic rings. The number of aliphatic hydroxyl groups excluding tert-OH is 1. The maximum atomic E-state index is 13.2. The van der Waals surface area contributed by atoms with Crippen molar-refractivity contribution in [2.24, 2.45) is 0 Å². The molecule has 0 bridgehead atoms. The molecule has 2 N–H and O–H groups in total. The fraction of sp³-hybridized carbons (Fsp3) is 0.500. The van der Waals surface area contributed by atoms with Crippen molar-refractivity contribution in [3.05, 3.63) is 34.1 Å². The molecule has 1 heterocycles. The van der Waals surface area contributed by atoms with E-state index in [1.165, 1.54) is 6.07 Å². The lowest BCUT2D eigenvalue weighted by Gasteiger charge is -2.34. The van der Waals surface area contributed by atoms with Gasteiger partial charge in [-0.05, 0) is 33.6 Å². The predicted molar refractivity (Wildman–Crippen MR) is 68.4 cm³/mol. The molecule has 0 radical (unpaired) electrons. The Hall–Kier alpha value is -0.490. The highest BCUT2D eigenvalue weighted by Crippen LogP contribution is 2.25. The van der Waals surface area contributed by atoms with Crippen molar-refractivity contribution < 1.29 is 9.50 Å². The second-order valence-electron chi connectivity index (χ2n) is 4.16. The summed E-state index contributed by atoms with van der Waals surface area (Å²) in [5, 5.41) is 12.8. The van der Waals surface area contributed by atoms with Crippen LogP contribution >= 0.6 is 15.9 Å². The van der Waals surface area contributed by atoms with Gasteiger partial charge in [0.2, 0.25) is 0 Å². The van der Waals surface area contributed by atoms with Crippen LogP contribution in [0.1, 0.15) is 11.6 Å². The first-order chi connectivity index (χ1) is 8.22. The maximum absolute atomic E-state index is 13.2. The van der Waals surface area contributed by atoms with Gasteiger partial charge in [0.05, 0.1) is 17.1 Å². The summed E-state index contributed by atoms with van der Waals surface area (Å²) in [6, 6.07) is 4.87. The van der Waals surface area contributed by atoms with Gasteiger partial charge in [-0.3, -0.25) is 4.90 Å². The number of hydrogen-bond donors (Lipinski definition) is 2. The molecule has 0 unspecified atom stereocenters. The summed E-state index contributed by atoms with van der Waals surface area (Å²) in [7, 11) is 0. The van der Waals surface area contributed by atoms with Gasteiger partial charge in [-0.2, -0.15) is 0 Å². The quantitative estimate of drug-likeness (QED) is 0.889. The van der Waals surface area contributed by atoms with Crippen molar-refractivity contribution in [3.8, 4) is 0 Å². The summed E-state index contributed by atoms with van der Waals surface area (Å²) < 4.78 is 13.6. The van der Waals surface area contributed by atoms with E-state index in [0.717, 1.165) is 31.7 Å². The van der Waals surface area contributed by atoms with Crippen LogP contribution in [-0.2, 0) is 0 Å². The summed E-state index contributed by atoms with van der Waals surface area (Å²) >= 11 is 3.18. The molecule has 1 aliphatic heterocycles. The maximum Gasteiger partial charge on any atom is 0.137 e. The number of halogens is 2. The minimum Gasteiger partial charge on any atom is -0.394 e. The fourth-order valence-corrected chi connectivity index (χ4v) is 2.54. The molecule has 17 heavy (non-hydrogen) atoms. The monoisotopic (exact) mass is 302 g/mol. The zero-order valence-electron chi connectivity index (χ0n) is 9.50. The molecule has 5 heteroatoms. The van der Waals surface area contributed by atoms with E-state index in [4.69, 9.17) is 0 Å². The van der Waals surface area contributed by atoms with E-state index in [1.807, 2.05) is 0 Å². The highest BCUT2D eigenvalue weighted by atomic mass is 79.9. The summed E-state index contributed by atoms with van der Waals surface area (Å²) in [5.74, 6) is -0.272. The molecule has 0 spiro atoms. The van der Waals surface area contributed by atoms with E-state index in [0.29, 0.717) is 4.47 Å². The van der Waals surface area contributed by atoms with E-state index in [-0.39, 0.29) is 18.5 Å². The number of benzene rings is 1. The summed E-state index contributed by atoms with van der Waals surface area (Å²) in [5.41, 5.74) is 0.947. The number of hydrogen-bond acceptors (Lipinski definition) is 3. The molecule has 0 amide bonds. The molecule has 94 valence electrons. The molecular weight excluding hydrogens is 287 g/mol. The summed E-state index contributed by atoms with van der Waals surface area (Å²) in [6.45, 7) is 3.72. The highest BCUT2D eigenvalue weighted by molar-refractivity contribution is 9.10. The molecular formula is C12H16BrFN2O. The van der Waals surface area contributed by atoms with Gasteiger partial charge >= 0.3 is 0 Å². The topological polar surface area (TPSA) is 35.5 Å². The Labute approximate surface area is 109 Å². The Balaban J connectivity index is 2.18. The van der Waals surface area contributed by atoms with Crippen molar-refractivity contribution in [2.45, 2.75) is 6.04 Å². The van der Waals surface area contributed by atoms with Gasteiger partial charge in [-0.15, -0.1) is 0 Å². The number of nitrogens with zero attached hydrogens (tertiary/aromatic N) is 1. The fourth-order valence-electron chi connectivity index (χ4n) is 2.15. The Morgan fingerprint density at radius 1 is 1.41 bits per heavy atom. The molecule has 1 fully saturated rings. The summed E-state index contributed by atoms with van der Waals surface area (Å²) in [6.07, 6.45) is 0.